The monoisotopic (exact) mass is 321 g/mol. The van der Waals surface area contributed by atoms with Crippen LogP contribution >= 0.6 is 0 Å². The maximum Gasteiger partial charge on any atom is 0.324 e. The summed E-state index contributed by atoms with van der Waals surface area (Å²) < 4.78 is 25.5. The number of urea groups is 1. The number of hydrogen-bond donors (Lipinski definition) is 1. The molecule has 0 spiro atoms. The largest absolute Gasteiger partial charge is 0.329 e. The summed E-state index contributed by atoms with van der Waals surface area (Å²) in [6.45, 7) is 0.261. The van der Waals surface area contributed by atoms with Crippen molar-refractivity contribution >= 4 is 28.0 Å². The molecule has 116 valence electrons. The Labute approximate surface area is 128 Å². The first-order valence-corrected chi connectivity index (χ1v) is 8.31. The zero-order valence-electron chi connectivity index (χ0n) is 11.7. The van der Waals surface area contributed by atoms with Gasteiger partial charge in [0.2, 0.25) is 15.9 Å². The van der Waals surface area contributed by atoms with Gasteiger partial charge in [-0.3, -0.25) is 9.69 Å². The molecule has 2 saturated heterocycles. The van der Waals surface area contributed by atoms with Crippen molar-refractivity contribution in [3.63, 3.8) is 0 Å². The summed E-state index contributed by atoms with van der Waals surface area (Å²) in [6.07, 6.45) is 1.52. The zero-order chi connectivity index (χ0) is 15.7. The Bertz CT molecular complexity index is 708. The Morgan fingerprint density at radius 3 is 2.41 bits per heavy atom. The molecule has 0 aromatic heterocycles. The van der Waals surface area contributed by atoms with Crippen LogP contribution in [0.3, 0.4) is 0 Å². The fraction of sp³-hybridized carbons (Fsp3) is 0.286. The Morgan fingerprint density at radius 2 is 1.82 bits per heavy atom. The minimum absolute atomic E-state index is 0.0179. The van der Waals surface area contributed by atoms with Gasteiger partial charge in [0.1, 0.15) is 0 Å². The number of benzene rings is 1. The number of rotatable bonds is 4. The number of carbonyl (C=O) groups is 2. The highest BCUT2D eigenvalue weighted by atomic mass is 32.2. The molecule has 2 aliphatic rings. The third-order valence-corrected chi connectivity index (χ3v) is 5.16. The van der Waals surface area contributed by atoms with Gasteiger partial charge in [0.25, 0.3) is 0 Å². The van der Waals surface area contributed by atoms with Gasteiger partial charge in [-0.2, -0.15) is 4.31 Å². The summed E-state index contributed by atoms with van der Waals surface area (Å²) in [4.78, 5) is 24.1. The van der Waals surface area contributed by atoms with Gasteiger partial charge in [-0.15, -0.1) is 0 Å². The van der Waals surface area contributed by atoms with Crippen LogP contribution in [0.4, 0.5) is 4.79 Å². The van der Waals surface area contributed by atoms with Gasteiger partial charge in [-0.25, -0.2) is 13.2 Å². The molecule has 3 amide bonds. The molecule has 2 fully saturated rings. The summed E-state index contributed by atoms with van der Waals surface area (Å²) in [5, 5.41) is 3.57. The van der Waals surface area contributed by atoms with Gasteiger partial charge >= 0.3 is 6.03 Å². The van der Waals surface area contributed by atoms with Gasteiger partial charge in [-0.1, -0.05) is 30.3 Å². The van der Waals surface area contributed by atoms with E-state index in [0.717, 1.165) is 15.9 Å². The van der Waals surface area contributed by atoms with Crippen molar-refractivity contribution in [1.82, 2.24) is 14.5 Å². The van der Waals surface area contributed by atoms with Crippen LogP contribution < -0.4 is 5.32 Å². The Kier molecular flexibility index (Phi) is 3.71. The van der Waals surface area contributed by atoms with Crippen molar-refractivity contribution in [3.8, 4) is 0 Å². The molecular formula is C14H15N3O4S. The molecule has 0 bridgehead atoms. The topological polar surface area (TPSA) is 86.8 Å². The fourth-order valence-corrected chi connectivity index (χ4v) is 3.67. The number of sulfonamides is 1. The van der Waals surface area contributed by atoms with Crippen molar-refractivity contribution < 1.29 is 18.0 Å². The lowest BCUT2D eigenvalue weighted by Crippen LogP contribution is -2.62. The molecule has 2 aliphatic heterocycles. The molecule has 0 unspecified atom stereocenters. The first-order chi connectivity index (χ1) is 10.5. The highest BCUT2D eigenvalue weighted by Gasteiger charge is 2.44. The van der Waals surface area contributed by atoms with Crippen molar-refractivity contribution in [2.24, 2.45) is 0 Å². The molecule has 8 heteroatoms. The lowest BCUT2D eigenvalue weighted by atomic mass is 10.1. The summed E-state index contributed by atoms with van der Waals surface area (Å²) in [7, 11) is -3.54. The predicted molar refractivity (Wildman–Crippen MR) is 80.0 cm³/mol. The van der Waals surface area contributed by atoms with Crippen molar-refractivity contribution in [3.05, 3.63) is 41.3 Å². The van der Waals surface area contributed by atoms with E-state index in [0.29, 0.717) is 0 Å². The molecule has 1 aromatic carbocycles. The Hall–Kier alpha value is -2.19. The van der Waals surface area contributed by atoms with E-state index < -0.39 is 16.1 Å². The van der Waals surface area contributed by atoms with Crippen LogP contribution in [-0.2, 0) is 14.8 Å². The van der Waals surface area contributed by atoms with E-state index in [4.69, 9.17) is 0 Å². The van der Waals surface area contributed by atoms with Gasteiger partial charge < -0.3 is 5.32 Å². The summed E-state index contributed by atoms with van der Waals surface area (Å²) in [5.41, 5.74) is 0.789. The normalized spacial score (nSPS) is 20.5. The minimum atomic E-state index is -3.54. The highest BCUT2D eigenvalue weighted by molar-refractivity contribution is 7.92. The average molecular weight is 321 g/mol. The van der Waals surface area contributed by atoms with Crippen LogP contribution in [0.2, 0.25) is 0 Å². The molecule has 1 N–H and O–H groups in total. The van der Waals surface area contributed by atoms with E-state index in [1.165, 1.54) is 10.4 Å². The van der Waals surface area contributed by atoms with Crippen LogP contribution in [0.5, 0.6) is 0 Å². The first kappa shape index (κ1) is 14.7. The Morgan fingerprint density at radius 1 is 1.14 bits per heavy atom. The van der Waals surface area contributed by atoms with Gasteiger partial charge in [0.05, 0.1) is 12.6 Å². The molecule has 7 nitrogen and oxygen atoms in total. The maximum atomic E-state index is 12.1. The molecule has 2 heterocycles. The van der Waals surface area contributed by atoms with Crippen molar-refractivity contribution in [2.45, 2.75) is 6.04 Å². The highest BCUT2D eigenvalue weighted by Crippen LogP contribution is 2.22. The quantitative estimate of drug-likeness (QED) is 0.804. The molecule has 0 atom stereocenters. The number of amides is 3. The first-order valence-electron chi connectivity index (χ1n) is 6.80. The van der Waals surface area contributed by atoms with Crippen LogP contribution in [0, 0.1) is 0 Å². The second-order valence-electron chi connectivity index (χ2n) is 5.15. The van der Waals surface area contributed by atoms with Gasteiger partial charge in [0.15, 0.2) is 0 Å². The molecule has 22 heavy (non-hydrogen) atoms. The Balaban J connectivity index is 1.63. The lowest BCUT2D eigenvalue weighted by molar-refractivity contribution is -0.128. The molecular weight excluding hydrogens is 306 g/mol. The lowest BCUT2D eigenvalue weighted by Gasteiger charge is -2.40. The molecule has 0 saturated carbocycles. The SMILES string of the molecule is O=C1CNC(=O)N1C1CN(S(=O)(=O)/C=C/c2ccccc2)C1. The number of imide groups is 1. The van der Waals surface area contributed by atoms with Crippen LogP contribution in [-0.4, -0.2) is 55.2 Å². The smallest absolute Gasteiger partial charge is 0.324 e. The van der Waals surface area contributed by atoms with E-state index in [1.807, 2.05) is 18.2 Å². The molecule has 1 aromatic rings. The predicted octanol–water partition coefficient (Wildman–Crippen LogP) is 0.223. The van der Waals surface area contributed by atoms with E-state index >= 15 is 0 Å². The summed E-state index contributed by atoms with van der Waals surface area (Å²) >= 11 is 0. The molecule has 0 radical (unpaired) electrons. The van der Waals surface area contributed by atoms with Crippen LogP contribution in [0.1, 0.15) is 5.56 Å². The van der Waals surface area contributed by atoms with E-state index in [-0.39, 0.29) is 31.6 Å². The fourth-order valence-electron chi connectivity index (χ4n) is 2.41. The second-order valence-corrected chi connectivity index (χ2v) is 6.97. The number of carbonyl (C=O) groups excluding carboxylic acids is 2. The maximum absolute atomic E-state index is 12.1. The molecule has 3 rings (SSSR count). The third-order valence-electron chi connectivity index (χ3n) is 3.66. The molecule has 0 aliphatic carbocycles. The number of nitrogens with one attached hydrogen (secondary N) is 1. The van der Waals surface area contributed by atoms with Gasteiger partial charge in [0, 0.05) is 18.5 Å². The number of hydrogen-bond acceptors (Lipinski definition) is 4. The second kappa shape index (κ2) is 5.54. The van der Waals surface area contributed by atoms with E-state index in [9.17, 15) is 18.0 Å². The van der Waals surface area contributed by atoms with Crippen molar-refractivity contribution in [1.29, 1.82) is 0 Å². The summed E-state index contributed by atoms with van der Waals surface area (Å²) in [6, 6.07) is 8.27. The van der Waals surface area contributed by atoms with Crippen molar-refractivity contribution in [2.75, 3.05) is 19.6 Å². The zero-order valence-corrected chi connectivity index (χ0v) is 12.5. The summed E-state index contributed by atoms with van der Waals surface area (Å²) in [5.74, 6) is -0.313. The van der Waals surface area contributed by atoms with E-state index in [2.05, 4.69) is 5.32 Å². The van der Waals surface area contributed by atoms with E-state index in [1.54, 1.807) is 12.1 Å². The standard InChI is InChI=1S/C14H15N3O4S/c18-13-8-15-14(19)17(13)12-9-16(10-12)22(20,21)7-6-11-4-2-1-3-5-11/h1-7,12H,8-10H2,(H,15,19)/b7-6+. The third kappa shape index (κ3) is 2.75. The van der Waals surface area contributed by atoms with Crippen LogP contribution in [0.25, 0.3) is 6.08 Å². The minimum Gasteiger partial charge on any atom is -0.329 e. The average Bonchev–Trinajstić information content (AvgIpc) is 2.77. The van der Waals surface area contributed by atoms with Gasteiger partial charge in [-0.05, 0) is 11.6 Å². The van der Waals surface area contributed by atoms with Crippen LogP contribution in [0.15, 0.2) is 35.7 Å². The number of nitrogens with zero attached hydrogens (tertiary/aromatic N) is 2.